The third kappa shape index (κ3) is 3.64. The van der Waals surface area contributed by atoms with E-state index in [0.29, 0.717) is 25.0 Å². The van der Waals surface area contributed by atoms with Crippen LogP contribution in [0.4, 0.5) is 0 Å². The Morgan fingerprint density at radius 2 is 2.19 bits per heavy atom. The first-order valence-electron chi connectivity index (χ1n) is 7.51. The highest BCUT2D eigenvalue weighted by molar-refractivity contribution is 7.89. The highest BCUT2D eigenvalue weighted by Gasteiger charge is 2.33. The molecule has 0 spiro atoms. The fourth-order valence-electron chi connectivity index (χ4n) is 2.73. The number of piperidine rings is 1. The van der Waals surface area contributed by atoms with Crippen molar-refractivity contribution in [3.05, 3.63) is 18.2 Å². The maximum atomic E-state index is 12.2. The van der Waals surface area contributed by atoms with E-state index in [4.69, 9.17) is 0 Å². The minimum Gasteiger partial charge on any atom is -0.337 e. The van der Waals surface area contributed by atoms with Crippen LogP contribution >= 0.6 is 0 Å². The van der Waals surface area contributed by atoms with Crippen molar-refractivity contribution < 1.29 is 8.42 Å². The number of nitrogens with zero attached hydrogens (tertiary/aromatic N) is 3. The van der Waals surface area contributed by atoms with E-state index in [0.717, 1.165) is 18.8 Å². The molecule has 7 heteroatoms. The zero-order valence-electron chi connectivity index (χ0n) is 13.3. The quantitative estimate of drug-likeness (QED) is 0.879. The standard InChI is InChI=1S/C14H26N4O2S/c1-11(2)21(19,20)18-7-5-13(12(3)10-18)16-9-14-15-6-8-17(14)4/h6,8,11-13,16H,5,7,9-10H2,1-4H3/t12-,13-/m0/s1. The van der Waals surface area contributed by atoms with E-state index in [1.807, 2.05) is 17.8 Å². The zero-order valence-corrected chi connectivity index (χ0v) is 14.1. The molecule has 0 aliphatic carbocycles. The first-order chi connectivity index (χ1) is 9.82. The lowest BCUT2D eigenvalue weighted by Crippen LogP contribution is -2.51. The van der Waals surface area contributed by atoms with Crippen molar-refractivity contribution in [3.63, 3.8) is 0 Å². The van der Waals surface area contributed by atoms with Crippen molar-refractivity contribution >= 4 is 10.0 Å². The lowest BCUT2D eigenvalue weighted by molar-refractivity contribution is 0.217. The van der Waals surface area contributed by atoms with E-state index in [1.165, 1.54) is 0 Å². The smallest absolute Gasteiger partial charge is 0.216 e. The second-order valence-corrected chi connectivity index (χ2v) is 8.65. The van der Waals surface area contributed by atoms with Crippen molar-refractivity contribution in [1.29, 1.82) is 0 Å². The molecular weight excluding hydrogens is 288 g/mol. The predicted octanol–water partition coefficient (Wildman–Crippen LogP) is 0.958. The predicted molar refractivity (Wildman–Crippen MR) is 83.2 cm³/mol. The van der Waals surface area contributed by atoms with Gasteiger partial charge in [0.15, 0.2) is 0 Å². The minimum absolute atomic E-state index is 0.299. The van der Waals surface area contributed by atoms with E-state index in [-0.39, 0.29) is 5.25 Å². The van der Waals surface area contributed by atoms with Gasteiger partial charge in [0.1, 0.15) is 5.82 Å². The Morgan fingerprint density at radius 3 is 2.71 bits per heavy atom. The average molecular weight is 314 g/mol. The highest BCUT2D eigenvalue weighted by atomic mass is 32.2. The summed E-state index contributed by atoms with van der Waals surface area (Å²) >= 11 is 0. The molecule has 0 radical (unpaired) electrons. The van der Waals surface area contributed by atoms with Crippen molar-refractivity contribution in [2.75, 3.05) is 13.1 Å². The summed E-state index contributed by atoms with van der Waals surface area (Å²) < 4.78 is 28.1. The summed E-state index contributed by atoms with van der Waals surface area (Å²) in [6.07, 6.45) is 4.56. The molecule has 21 heavy (non-hydrogen) atoms. The van der Waals surface area contributed by atoms with Crippen LogP contribution in [0.15, 0.2) is 12.4 Å². The Morgan fingerprint density at radius 1 is 1.48 bits per heavy atom. The van der Waals surface area contributed by atoms with Gasteiger partial charge in [-0.15, -0.1) is 0 Å². The molecule has 1 N–H and O–H groups in total. The van der Waals surface area contributed by atoms with Crippen LogP contribution in [0.2, 0.25) is 0 Å². The van der Waals surface area contributed by atoms with Crippen LogP contribution < -0.4 is 5.32 Å². The molecule has 6 nitrogen and oxygen atoms in total. The second-order valence-electron chi connectivity index (χ2n) is 6.16. The summed E-state index contributed by atoms with van der Waals surface area (Å²) in [6, 6.07) is 0.334. The van der Waals surface area contributed by atoms with Gasteiger partial charge in [0.05, 0.1) is 11.8 Å². The number of aryl methyl sites for hydroxylation is 1. The van der Waals surface area contributed by atoms with E-state index in [1.54, 1.807) is 24.3 Å². The lowest BCUT2D eigenvalue weighted by Gasteiger charge is -2.37. The third-order valence-electron chi connectivity index (χ3n) is 4.27. The first-order valence-corrected chi connectivity index (χ1v) is 9.01. The lowest BCUT2D eigenvalue weighted by atomic mass is 9.95. The highest BCUT2D eigenvalue weighted by Crippen LogP contribution is 2.21. The molecule has 1 aliphatic rings. The van der Waals surface area contributed by atoms with Gasteiger partial charge >= 0.3 is 0 Å². The van der Waals surface area contributed by atoms with E-state index >= 15 is 0 Å². The zero-order chi connectivity index (χ0) is 15.6. The molecule has 2 atom stereocenters. The molecule has 0 aromatic carbocycles. The Labute approximate surface area is 127 Å². The Kier molecular flexibility index (Phi) is 5.06. The van der Waals surface area contributed by atoms with E-state index in [2.05, 4.69) is 17.2 Å². The van der Waals surface area contributed by atoms with E-state index in [9.17, 15) is 8.42 Å². The fourth-order valence-corrected chi connectivity index (χ4v) is 4.13. The summed E-state index contributed by atoms with van der Waals surface area (Å²) in [7, 11) is -1.15. The monoisotopic (exact) mass is 314 g/mol. The molecule has 0 unspecified atom stereocenters. The molecule has 0 bridgehead atoms. The molecule has 2 rings (SSSR count). The number of imidazole rings is 1. The van der Waals surface area contributed by atoms with Gasteiger partial charge < -0.3 is 9.88 Å². The largest absolute Gasteiger partial charge is 0.337 e. The SMILES string of the molecule is CC(C)S(=O)(=O)N1CC[C@H](NCc2nccn2C)[C@@H](C)C1. The van der Waals surface area contributed by atoms with Crippen molar-refractivity contribution in [2.24, 2.45) is 13.0 Å². The van der Waals surface area contributed by atoms with Crippen LogP contribution in [0.25, 0.3) is 0 Å². The molecule has 120 valence electrons. The molecule has 1 fully saturated rings. The maximum absolute atomic E-state index is 12.2. The Bertz CT molecular complexity index is 567. The number of sulfonamides is 1. The number of hydrogen-bond donors (Lipinski definition) is 1. The molecular formula is C14H26N4O2S. The average Bonchev–Trinajstić information content (AvgIpc) is 2.82. The van der Waals surface area contributed by atoms with Crippen LogP contribution in [0, 0.1) is 5.92 Å². The number of hydrogen-bond acceptors (Lipinski definition) is 4. The summed E-state index contributed by atoms with van der Waals surface area (Å²) in [5.41, 5.74) is 0. The number of nitrogens with one attached hydrogen (secondary N) is 1. The summed E-state index contributed by atoms with van der Waals surface area (Å²) in [6.45, 7) is 7.51. The van der Waals surface area contributed by atoms with Gasteiger partial charge in [0.2, 0.25) is 10.0 Å². The second kappa shape index (κ2) is 6.46. The minimum atomic E-state index is -3.13. The topological polar surface area (TPSA) is 67.2 Å². The van der Waals surface area contributed by atoms with Crippen LogP contribution in [0.5, 0.6) is 0 Å². The molecule has 1 saturated heterocycles. The normalized spacial score (nSPS) is 24.6. The molecule has 1 aromatic rings. The molecule has 2 heterocycles. The van der Waals surface area contributed by atoms with Gasteiger partial charge in [0, 0.05) is 38.6 Å². The number of aromatic nitrogens is 2. The van der Waals surface area contributed by atoms with Crippen molar-refractivity contribution in [3.8, 4) is 0 Å². The molecule has 1 aliphatic heterocycles. The van der Waals surface area contributed by atoms with Crippen LogP contribution in [0.1, 0.15) is 33.0 Å². The van der Waals surface area contributed by atoms with Gasteiger partial charge in [-0.1, -0.05) is 6.92 Å². The molecule has 0 saturated carbocycles. The summed E-state index contributed by atoms with van der Waals surface area (Å²) in [5.74, 6) is 1.30. The van der Waals surface area contributed by atoms with Gasteiger partial charge in [-0.2, -0.15) is 0 Å². The molecule has 0 amide bonds. The van der Waals surface area contributed by atoms with Crippen LogP contribution in [0.3, 0.4) is 0 Å². The number of rotatable bonds is 5. The van der Waals surface area contributed by atoms with Crippen molar-refractivity contribution in [2.45, 2.75) is 45.0 Å². The van der Waals surface area contributed by atoms with Gasteiger partial charge in [-0.3, -0.25) is 0 Å². The first kappa shape index (κ1) is 16.5. The Hall–Kier alpha value is -0.920. The summed E-state index contributed by atoms with van der Waals surface area (Å²) in [4.78, 5) is 4.30. The van der Waals surface area contributed by atoms with E-state index < -0.39 is 10.0 Å². The van der Waals surface area contributed by atoms with Crippen LogP contribution in [-0.2, 0) is 23.6 Å². The summed E-state index contributed by atoms with van der Waals surface area (Å²) in [5, 5.41) is 3.17. The Balaban J connectivity index is 1.91. The van der Waals surface area contributed by atoms with Gasteiger partial charge in [-0.05, 0) is 26.2 Å². The van der Waals surface area contributed by atoms with Crippen LogP contribution in [-0.4, -0.2) is 46.7 Å². The van der Waals surface area contributed by atoms with Crippen molar-refractivity contribution in [1.82, 2.24) is 19.2 Å². The van der Waals surface area contributed by atoms with Gasteiger partial charge in [0.25, 0.3) is 0 Å². The molecule has 1 aromatic heterocycles. The van der Waals surface area contributed by atoms with Gasteiger partial charge in [-0.25, -0.2) is 17.7 Å². The third-order valence-corrected chi connectivity index (χ3v) is 6.51. The maximum Gasteiger partial charge on any atom is 0.216 e. The fraction of sp³-hybridized carbons (Fsp3) is 0.786.